The van der Waals surface area contributed by atoms with Gasteiger partial charge in [-0.25, -0.2) is 4.98 Å². The highest BCUT2D eigenvalue weighted by Crippen LogP contribution is 2.19. The van der Waals surface area contributed by atoms with Crippen LogP contribution in [0.3, 0.4) is 0 Å². The fourth-order valence-corrected chi connectivity index (χ4v) is 1.65. The Morgan fingerprint density at radius 3 is 2.69 bits per heavy atom. The number of rotatable bonds is 3. The quantitative estimate of drug-likeness (QED) is 0.847. The van der Waals surface area contributed by atoms with Crippen molar-refractivity contribution in [2.24, 2.45) is 11.1 Å². The molecular formula is C11H19N3OS. The Morgan fingerprint density at radius 1 is 1.62 bits per heavy atom. The van der Waals surface area contributed by atoms with Gasteiger partial charge in [0, 0.05) is 18.0 Å². The molecule has 90 valence electrons. The summed E-state index contributed by atoms with van der Waals surface area (Å²) in [5.74, 6) is -0.127. The van der Waals surface area contributed by atoms with E-state index in [1.807, 2.05) is 6.92 Å². The van der Waals surface area contributed by atoms with Crippen LogP contribution in [0.5, 0.6) is 0 Å². The predicted molar refractivity (Wildman–Crippen MR) is 66.4 cm³/mol. The van der Waals surface area contributed by atoms with E-state index >= 15 is 0 Å². The van der Waals surface area contributed by atoms with Crippen molar-refractivity contribution in [3.63, 3.8) is 0 Å². The zero-order valence-electron chi connectivity index (χ0n) is 10.2. The van der Waals surface area contributed by atoms with Gasteiger partial charge in [0.25, 0.3) is 5.91 Å². The Morgan fingerprint density at radius 2 is 2.25 bits per heavy atom. The summed E-state index contributed by atoms with van der Waals surface area (Å²) in [6.45, 7) is 8.64. The summed E-state index contributed by atoms with van der Waals surface area (Å²) in [6.07, 6.45) is 0. The third-order valence-corrected chi connectivity index (χ3v) is 3.48. The third kappa shape index (κ3) is 3.28. The molecule has 16 heavy (non-hydrogen) atoms. The molecule has 3 N–H and O–H groups in total. The van der Waals surface area contributed by atoms with E-state index < -0.39 is 0 Å². The van der Waals surface area contributed by atoms with Gasteiger partial charge in [-0.05, 0) is 12.3 Å². The molecule has 1 aromatic rings. The fourth-order valence-electron chi connectivity index (χ4n) is 0.996. The molecule has 0 spiro atoms. The number of hydrogen-bond acceptors (Lipinski definition) is 4. The van der Waals surface area contributed by atoms with Gasteiger partial charge in [-0.1, -0.05) is 20.8 Å². The first-order chi connectivity index (χ1) is 7.34. The van der Waals surface area contributed by atoms with Crippen LogP contribution in [0, 0.1) is 5.41 Å². The lowest BCUT2D eigenvalue weighted by atomic mass is 9.88. The first-order valence-electron chi connectivity index (χ1n) is 5.30. The van der Waals surface area contributed by atoms with Gasteiger partial charge in [0.1, 0.15) is 10.7 Å². The number of amides is 1. The van der Waals surface area contributed by atoms with Crippen molar-refractivity contribution < 1.29 is 4.79 Å². The second kappa shape index (κ2) is 4.93. The molecule has 0 saturated carbocycles. The Labute approximate surface area is 100 Å². The van der Waals surface area contributed by atoms with Gasteiger partial charge < -0.3 is 11.1 Å². The summed E-state index contributed by atoms with van der Waals surface area (Å²) in [5.41, 5.74) is 5.95. The number of nitrogens with zero attached hydrogens (tertiary/aromatic N) is 1. The first-order valence-corrected chi connectivity index (χ1v) is 6.18. The van der Waals surface area contributed by atoms with Gasteiger partial charge >= 0.3 is 0 Å². The van der Waals surface area contributed by atoms with Crippen LogP contribution < -0.4 is 11.1 Å². The minimum Gasteiger partial charge on any atom is -0.348 e. The maximum atomic E-state index is 11.8. The number of hydrogen-bond donors (Lipinski definition) is 2. The molecular weight excluding hydrogens is 222 g/mol. The van der Waals surface area contributed by atoms with Gasteiger partial charge in [0.2, 0.25) is 0 Å². The van der Waals surface area contributed by atoms with Gasteiger partial charge in [-0.2, -0.15) is 0 Å². The van der Waals surface area contributed by atoms with E-state index in [2.05, 4.69) is 31.1 Å². The molecule has 1 amide bonds. The molecule has 1 unspecified atom stereocenters. The summed E-state index contributed by atoms with van der Waals surface area (Å²) >= 11 is 1.42. The highest BCUT2D eigenvalue weighted by atomic mass is 32.1. The average molecular weight is 241 g/mol. The molecule has 1 heterocycles. The van der Waals surface area contributed by atoms with E-state index in [0.717, 1.165) is 5.01 Å². The Hall–Kier alpha value is -0.940. The number of aromatic nitrogens is 1. The van der Waals surface area contributed by atoms with Crippen LogP contribution in [-0.4, -0.2) is 16.9 Å². The van der Waals surface area contributed by atoms with Gasteiger partial charge in [0.05, 0.1) is 0 Å². The summed E-state index contributed by atoms with van der Waals surface area (Å²) in [4.78, 5) is 16.0. The molecule has 0 fully saturated rings. The van der Waals surface area contributed by atoms with Crippen molar-refractivity contribution in [1.82, 2.24) is 10.3 Å². The lowest BCUT2D eigenvalue weighted by Crippen LogP contribution is -2.41. The molecule has 1 aromatic heterocycles. The zero-order valence-corrected chi connectivity index (χ0v) is 11.0. The average Bonchev–Trinajstić information content (AvgIpc) is 2.64. The van der Waals surface area contributed by atoms with Crippen LogP contribution in [-0.2, 0) is 6.54 Å². The van der Waals surface area contributed by atoms with Crippen molar-refractivity contribution in [3.05, 3.63) is 16.1 Å². The molecule has 0 bridgehead atoms. The second-order valence-electron chi connectivity index (χ2n) is 4.89. The molecule has 1 rings (SSSR count). The van der Waals surface area contributed by atoms with E-state index in [1.165, 1.54) is 11.3 Å². The topological polar surface area (TPSA) is 68.0 Å². The summed E-state index contributed by atoms with van der Waals surface area (Å²) in [5, 5.41) is 5.47. The molecule has 4 nitrogen and oxygen atoms in total. The molecule has 0 aliphatic carbocycles. The predicted octanol–water partition coefficient (Wildman–Crippen LogP) is 1.77. The molecule has 5 heteroatoms. The van der Waals surface area contributed by atoms with Crippen molar-refractivity contribution in [3.8, 4) is 0 Å². The molecule has 0 aliphatic heterocycles. The Kier molecular flexibility index (Phi) is 4.04. The monoisotopic (exact) mass is 241 g/mol. The van der Waals surface area contributed by atoms with Gasteiger partial charge in [-0.3, -0.25) is 4.79 Å². The van der Waals surface area contributed by atoms with E-state index in [0.29, 0.717) is 12.2 Å². The maximum Gasteiger partial charge on any atom is 0.270 e. The maximum absolute atomic E-state index is 11.8. The van der Waals surface area contributed by atoms with E-state index in [4.69, 9.17) is 5.73 Å². The van der Waals surface area contributed by atoms with Crippen molar-refractivity contribution in [1.29, 1.82) is 0 Å². The van der Waals surface area contributed by atoms with Crippen LogP contribution in [0.25, 0.3) is 0 Å². The lowest BCUT2D eigenvalue weighted by Gasteiger charge is -2.27. The summed E-state index contributed by atoms with van der Waals surface area (Å²) in [7, 11) is 0. The van der Waals surface area contributed by atoms with Crippen LogP contribution in [0.1, 0.15) is 43.2 Å². The Balaban J connectivity index is 2.66. The normalized spacial score (nSPS) is 13.6. The summed E-state index contributed by atoms with van der Waals surface area (Å²) < 4.78 is 0. The standard InChI is InChI=1S/C11H19N3OS/c1-7(11(2,3)4)13-10(15)8-6-16-9(5-12)14-8/h6-7H,5,12H2,1-4H3,(H,13,15). The van der Waals surface area contributed by atoms with Crippen LogP contribution in [0.4, 0.5) is 0 Å². The second-order valence-corrected chi connectivity index (χ2v) is 5.83. The van der Waals surface area contributed by atoms with E-state index in [1.54, 1.807) is 5.38 Å². The number of nitrogens with two attached hydrogens (primary N) is 1. The number of thiazole rings is 1. The minimum atomic E-state index is -0.127. The van der Waals surface area contributed by atoms with E-state index in [9.17, 15) is 4.79 Å². The smallest absolute Gasteiger partial charge is 0.270 e. The number of carbonyl (C=O) groups excluding carboxylic acids is 1. The lowest BCUT2D eigenvalue weighted by molar-refractivity contribution is 0.0905. The van der Waals surface area contributed by atoms with Crippen molar-refractivity contribution >= 4 is 17.2 Å². The van der Waals surface area contributed by atoms with Gasteiger partial charge in [-0.15, -0.1) is 11.3 Å². The molecule has 0 saturated heterocycles. The minimum absolute atomic E-state index is 0.0440. The van der Waals surface area contributed by atoms with Crippen molar-refractivity contribution in [2.75, 3.05) is 0 Å². The molecule has 0 aromatic carbocycles. The molecule has 0 radical (unpaired) electrons. The fraction of sp³-hybridized carbons (Fsp3) is 0.636. The van der Waals surface area contributed by atoms with E-state index in [-0.39, 0.29) is 17.4 Å². The highest BCUT2D eigenvalue weighted by molar-refractivity contribution is 7.09. The Bertz CT molecular complexity index is 368. The largest absolute Gasteiger partial charge is 0.348 e. The van der Waals surface area contributed by atoms with Crippen LogP contribution in [0.15, 0.2) is 5.38 Å². The number of carbonyl (C=O) groups is 1. The van der Waals surface area contributed by atoms with Gasteiger partial charge in [0.15, 0.2) is 0 Å². The highest BCUT2D eigenvalue weighted by Gasteiger charge is 2.22. The third-order valence-electron chi connectivity index (χ3n) is 2.61. The zero-order chi connectivity index (χ0) is 12.3. The van der Waals surface area contributed by atoms with Crippen LogP contribution >= 0.6 is 11.3 Å². The molecule has 0 aliphatic rings. The van der Waals surface area contributed by atoms with Crippen molar-refractivity contribution in [2.45, 2.75) is 40.3 Å². The first kappa shape index (κ1) is 13.1. The molecule has 1 atom stereocenters. The summed E-state index contributed by atoms with van der Waals surface area (Å²) in [6, 6.07) is 0.100. The number of nitrogens with one attached hydrogen (secondary N) is 1. The van der Waals surface area contributed by atoms with Crippen LogP contribution in [0.2, 0.25) is 0 Å². The SMILES string of the molecule is CC(NC(=O)c1csc(CN)n1)C(C)(C)C.